The summed E-state index contributed by atoms with van der Waals surface area (Å²) >= 11 is 0. The Labute approximate surface area is 192 Å². The van der Waals surface area contributed by atoms with Gasteiger partial charge in [0.2, 0.25) is 5.82 Å². The molecule has 0 aliphatic rings. The molecule has 2 aromatic carbocycles. The highest BCUT2D eigenvalue weighted by atomic mass is 19.1. The van der Waals surface area contributed by atoms with Crippen LogP contribution in [0.4, 0.5) is 9.18 Å². The smallest absolute Gasteiger partial charge is 0.336 e. The van der Waals surface area contributed by atoms with Crippen LogP contribution in [0, 0.1) is 5.82 Å². The number of H-pyrrole nitrogens is 1. The summed E-state index contributed by atoms with van der Waals surface area (Å²) in [6.07, 6.45) is 0.904. The first kappa shape index (κ1) is 22.7. The van der Waals surface area contributed by atoms with Crippen molar-refractivity contribution in [2.45, 2.75) is 13.0 Å². The molecule has 10 heteroatoms. The summed E-state index contributed by atoms with van der Waals surface area (Å²) in [6.45, 7) is 0.928. The van der Waals surface area contributed by atoms with Crippen molar-refractivity contribution in [2.75, 3.05) is 13.1 Å². The van der Waals surface area contributed by atoms with Crippen LogP contribution in [0.25, 0.3) is 10.9 Å². The lowest BCUT2D eigenvalue weighted by molar-refractivity contribution is 0.0945. The lowest BCUT2D eigenvalue weighted by Gasteiger charge is -2.12. The molecule has 2 amide bonds. The van der Waals surface area contributed by atoms with Gasteiger partial charge in [0, 0.05) is 30.5 Å². The van der Waals surface area contributed by atoms with Gasteiger partial charge in [0.15, 0.2) is 0 Å². The van der Waals surface area contributed by atoms with Crippen LogP contribution in [0.2, 0.25) is 0 Å². The number of rotatable bonds is 7. The average Bonchev–Trinajstić information content (AvgIpc) is 3.20. The Kier molecular flexibility index (Phi) is 6.67. The predicted octanol–water partition coefficient (Wildman–Crippen LogP) is 2.06. The summed E-state index contributed by atoms with van der Waals surface area (Å²) in [4.78, 5) is 49.4. The van der Waals surface area contributed by atoms with Crippen LogP contribution in [0.3, 0.4) is 0 Å². The number of halogens is 1. The van der Waals surface area contributed by atoms with E-state index < -0.39 is 23.1 Å². The van der Waals surface area contributed by atoms with E-state index in [0.29, 0.717) is 29.4 Å². The van der Waals surface area contributed by atoms with Crippen LogP contribution in [0.1, 0.15) is 22.5 Å². The minimum absolute atomic E-state index is 0.124. The van der Waals surface area contributed by atoms with Gasteiger partial charge in [-0.3, -0.25) is 14.6 Å². The molecular formula is C24H22FN5O4. The van der Waals surface area contributed by atoms with Crippen LogP contribution < -0.4 is 21.9 Å². The Morgan fingerprint density at radius 1 is 0.941 bits per heavy atom. The van der Waals surface area contributed by atoms with Crippen molar-refractivity contribution >= 4 is 22.8 Å². The number of aromatic nitrogens is 3. The number of fused-ring (bicyclic) bond motifs is 1. The Balaban J connectivity index is 1.37. The summed E-state index contributed by atoms with van der Waals surface area (Å²) in [5.74, 6) is -1.50. The number of nitrogens with one attached hydrogen (secondary N) is 3. The Morgan fingerprint density at radius 3 is 2.44 bits per heavy atom. The number of aromatic amines is 1. The minimum Gasteiger partial charge on any atom is -0.351 e. The van der Waals surface area contributed by atoms with E-state index >= 15 is 0 Å². The molecule has 0 aliphatic carbocycles. The molecule has 2 aromatic heterocycles. The molecule has 0 spiro atoms. The van der Waals surface area contributed by atoms with E-state index in [1.807, 2.05) is 65.2 Å². The van der Waals surface area contributed by atoms with Crippen molar-refractivity contribution in [2.24, 2.45) is 0 Å². The molecule has 3 N–H and O–H groups in total. The molecule has 0 saturated heterocycles. The van der Waals surface area contributed by atoms with E-state index in [2.05, 4.69) is 10.6 Å². The lowest BCUT2D eigenvalue weighted by Crippen LogP contribution is -2.41. The number of nitrogens with zero attached hydrogens (tertiary/aromatic N) is 2. The highest BCUT2D eigenvalue weighted by Crippen LogP contribution is 2.21. The maximum Gasteiger partial charge on any atom is 0.336 e. The van der Waals surface area contributed by atoms with Crippen LogP contribution >= 0.6 is 0 Å². The van der Waals surface area contributed by atoms with Gasteiger partial charge in [-0.15, -0.1) is 0 Å². The van der Waals surface area contributed by atoms with Gasteiger partial charge in [0.1, 0.15) is 5.69 Å². The topological polar surface area (TPSA) is 118 Å². The Morgan fingerprint density at radius 2 is 1.65 bits per heavy atom. The molecule has 174 valence electrons. The second-order valence-electron chi connectivity index (χ2n) is 7.61. The summed E-state index contributed by atoms with van der Waals surface area (Å²) in [5.41, 5.74) is 0.297. The monoisotopic (exact) mass is 463 g/mol. The van der Waals surface area contributed by atoms with Gasteiger partial charge >= 0.3 is 11.7 Å². The average molecular weight is 463 g/mol. The van der Waals surface area contributed by atoms with Crippen molar-refractivity contribution < 1.29 is 14.0 Å². The third-order valence-electron chi connectivity index (χ3n) is 5.26. The summed E-state index contributed by atoms with van der Waals surface area (Å²) in [7, 11) is 0. The van der Waals surface area contributed by atoms with Crippen LogP contribution in [0.15, 0.2) is 76.4 Å². The maximum atomic E-state index is 13.3. The number of hydrogen-bond donors (Lipinski definition) is 3. The van der Waals surface area contributed by atoms with E-state index in [0.717, 1.165) is 16.5 Å². The van der Waals surface area contributed by atoms with E-state index in [-0.39, 0.29) is 19.0 Å². The number of carbonyl (C=O) groups is 2. The standard InChI is InChI=1S/C24H22FN5O4/c25-18-15-30(24(34)28-21(18)31)23(33)27-12-6-11-26-22(32)20-13-17-9-4-5-10-19(17)29(20)14-16-7-2-1-3-8-16/h1-5,7-10,13,15H,6,11-12,14H2,(H,26,32)(H,27,33)(H,28,31,34). The molecule has 0 bridgehead atoms. The van der Waals surface area contributed by atoms with Gasteiger partial charge in [-0.1, -0.05) is 48.5 Å². The fraction of sp³-hybridized carbons (Fsp3) is 0.167. The summed E-state index contributed by atoms with van der Waals surface area (Å²) in [5, 5.41) is 6.24. The molecule has 4 aromatic rings. The van der Waals surface area contributed by atoms with E-state index in [1.54, 1.807) is 4.98 Å². The van der Waals surface area contributed by atoms with Gasteiger partial charge in [-0.05, 0) is 24.1 Å². The zero-order chi connectivity index (χ0) is 24.1. The molecule has 2 heterocycles. The maximum absolute atomic E-state index is 13.3. The molecule has 4 rings (SSSR count). The molecule has 34 heavy (non-hydrogen) atoms. The second-order valence-corrected chi connectivity index (χ2v) is 7.61. The summed E-state index contributed by atoms with van der Waals surface area (Å²) < 4.78 is 15.7. The van der Waals surface area contributed by atoms with Gasteiger partial charge in [-0.25, -0.2) is 14.2 Å². The number of amides is 2. The molecular weight excluding hydrogens is 441 g/mol. The Hall–Kier alpha value is -4.47. The SMILES string of the molecule is O=C(NCCCNC(=O)n1cc(F)c(=O)[nH]c1=O)c1cc2ccccc2n1Cc1ccccc1. The number of para-hydroxylation sites is 1. The normalized spacial score (nSPS) is 10.9. The fourth-order valence-corrected chi connectivity index (χ4v) is 3.59. The molecule has 0 radical (unpaired) electrons. The van der Waals surface area contributed by atoms with Gasteiger partial charge in [0.25, 0.3) is 11.5 Å². The lowest BCUT2D eigenvalue weighted by atomic mass is 10.2. The van der Waals surface area contributed by atoms with Crippen molar-refractivity contribution in [3.05, 3.63) is 105 Å². The molecule has 0 saturated carbocycles. The molecule has 0 unspecified atom stereocenters. The first-order valence-electron chi connectivity index (χ1n) is 10.6. The first-order valence-corrected chi connectivity index (χ1v) is 10.6. The first-order chi connectivity index (χ1) is 16.4. The van der Waals surface area contributed by atoms with Crippen LogP contribution in [-0.2, 0) is 6.54 Å². The molecule has 0 atom stereocenters. The van der Waals surface area contributed by atoms with Crippen molar-refractivity contribution in [1.29, 1.82) is 0 Å². The van der Waals surface area contributed by atoms with Crippen molar-refractivity contribution in [1.82, 2.24) is 24.8 Å². The van der Waals surface area contributed by atoms with Crippen molar-refractivity contribution in [3.63, 3.8) is 0 Å². The third-order valence-corrected chi connectivity index (χ3v) is 5.26. The largest absolute Gasteiger partial charge is 0.351 e. The number of benzene rings is 2. The summed E-state index contributed by atoms with van der Waals surface area (Å²) in [6, 6.07) is 18.5. The highest BCUT2D eigenvalue weighted by Gasteiger charge is 2.16. The zero-order valence-corrected chi connectivity index (χ0v) is 18.1. The van der Waals surface area contributed by atoms with E-state index in [9.17, 15) is 23.6 Å². The van der Waals surface area contributed by atoms with Crippen LogP contribution in [0.5, 0.6) is 0 Å². The van der Waals surface area contributed by atoms with E-state index in [4.69, 9.17) is 0 Å². The fourth-order valence-electron chi connectivity index (χ4n) is 3.59. The highest BCUT2D eigenvalue weighted by molar-refractivity contribution is 5.98. The van der Waals surface area contributed by atoms with E-state index in [1.165, 1.54) is 0 Å². The van der Waals surface area contributed by atoms with Crippen molar-refractivity contribution in [3.8, 4) is 0 Å². The molecule has 9 nitrogen and oxygen atoms in total. The number of hydrogen-bond acceptors (Lipinski definition) is 4. The third kappa shape index (κ3) is 4.96. The minimum atomic E-state index is -1.24. The quantitative estimate of drug-likeness (QED) is 0.364. The van der Waals surface area contributed by atoms with Gasteiger partial charge < -0.3 is 15.2 Å². The zero-order valence-electron chi connectivity index (χ0n) is 18.1. The predicted molar refractivity (Wildman–Crippen MR) is 125 cm³/mol. The number of carbonyl (C=O) groups excluding carboxylic acids is 2. The Bertz CT molecular complexity index is 1460. The molecule has 0 aliphatic heterocycles. The molecule has 0 fully saturated rings. The second kappa shape index (κ2) is 9.99. The van der Waals surface area contributed by atoms with Gasteiger partial charge in [0.05, 0.1) is 6.20 Å². The van der Waals surface area contributed by atoms with Gasteiger partial charge in [-0.2, -0.15) is 4.39 Å². The van der Waals surface area contributed by atoms with Crippen LogP contribution in [-0.4, -0.2) is 39.1 Å².